The summed E-state index contributed by atoms with van der Waals surface area (Å²) in [5.74, 6) is 0.963. The number of benzene rings is 1. The van der Waals surface area contributed by atoms with E-state index >= 15 is 0 Å². The summed E-state index contributed by atoms with van der Waals surface area (Å²) in [5, 5.41) is 2.53. The maximum atomic E-state index is 4.80. The predicted octanol–water partition coefficient (Wildman–Crippen LogP) is 6.50. The lowest BCUT2D eigenvalue weighted by Gasteiger charge is -2.33. The number of unbranched alkanes of at least 4 members (excludes halogenated alkanes) is 1. The molecule has 2 atom stereocenters. The Labute approximate surface area is 150 Å². The number of fused-ring (bicyclic) bond motifs is 3. The van der Waals surface area contributed by atoms with Gasteiger partial charge in [-0.15, -0.1) is 0 Å². The standard InChI is InChI=1S/C24H25N/c1-3-4-5-8-18-11-12-20-16-22(18)23(15-17(20)2)24-21-10-7-6-9-19(21)13-14-25-24/h5-15,18,22H,3-4,16H2,1-2H3/b8-5-. The van der Waals surface area contributed by atoms with E-state index in [9.17, 15) is 0 Å². The number of nitrogens with zero attached hydrogens (tertiary/aromatic N) is 1. The molecule has 0 fully saturated rings. The van der Waals surface area contributed by atoms with Crippen molar-refractivity contribution in [2.75, 3.05) is 0 Å². The van der Waals surface area contributed by atoms with Gasteiger partial charge in [-0.2, -0.15) is 0 Å². The second-order valence-electron chi connectivity index (χ2n) is 7.15. The number of aromatic nitrogens is 1. The van der Waals surface area contributed by atoms with Crippen molar-refractivity contribution in [3.63, 3.8) is 0 Å². The molecule has 0 saturated heterocycles. The van der Waals surface area contributed by atoms with Gasteiger partial charge in [-0.05, 0) is 53.9 Å². The molecule has 1 heterocycles. The Balaban J connectivity index is 1.81. The maximum Gasteiger partial charge on any atom is 0.0743 e. The second-order valence-corrected chi connectivity index (χ2v) is 7.15. The Bertz CT molecular complexity index is 905. The summed E-state index contributed by atoms with van der Waals surface area (Å²) < 4.78 is 0. The van der Waals surface area contributed by atoms with E-state index in [4.69, 9.17) is 4.98 Å². The minimum atomic E-state index is 0.468. The summed E-state index contributed by atoms with van der Waals surface area (Å²) in [6.45, 7) is 4.46. The van der Waals surface area contributed by atoms with Gasteiger partial charge in [0, 0.05) is 17.5 Å². The lowest BCUT2D eigenvalue weighted by atomic mass is 9.71. The molecule has 2 aromatic rings. The summed E-state index contributed by atoms with van der Waals surface area (Å²) in [4.78, 5) is 4.80. The van der Waals surface area contributed by atoms with Crippen LogP contribution in [0.5, 0.6) is 0 Å². The largest absolute Gasteiger partial charge is 0.256 e. The van der Waals surface area contributed by atoms with E-state index in [-0.39, 0.29) is 0 Å². The third kappa shape index (κ3) is 3.00. The molecule has 4 rings (SSSR count). The quantitative estimate of drug-likeness (QED) is 0.584. The molecule has 0 radical (unpaired) electrons. The number of hydrogen-bond donors (Lipinski definition) is 0. The zero-order chi connectivity index (χ0) is 17.2. The summed E-state index contributed by atoms with van der Waals surface area (Å²) in [5.41, 5.74) is 5.42. The van der Waals surface area contributed by atoms with Gasteiger partial charge in [-0.1, -0.05) is 68.0 Å². The Kier molecular flexibility index (Phi) is 4.40. The smallest absolute Gasteiger partial charge is 0.0743 e. The first-order valence-corrected chi connectivity index (χ1v) is 9.38. The van der Waals surface area contributed by atoms with Gasteiger partial charge in [0.25, 0.3) is 0 Å². The average Bonchev–Trinajstić information content (AvgIpc) is 2.66. The normalized spacial score (nSPS) is 22.7. The molecular weight excluding hydrogens is 302 g/mol. The highest BCUT2D eigenvalue weighted by molar-refractivity contribution is 5.93. The third-order valence-corrected chi connectivity index (χ3v) is 5.46. The Morgan fingerprint density at radius 1 is 1.20 bits per heavy atom. The van der Waals surface area contributed by atoms with E-state index in [0.29, 0.717) is 11.8 Å². The van der Waals surface area contributed by atoms with Gasteiger partial charge in [0.15, 0.2) is 0 Å². The second kappa shape index (κ2) is 6.84. The first-order chi connectivity index (χ1) is 12.3. The molecule has 1 aromatic carbocycles. The molecule has 0 spiro atoms. The Morgan fingerprint density at radius 2 is 2.08 bits per heavy atom. The fourth-order valence-corrected chi connectivity index (χ4v) is 4.06. The summed E-state index contributed by atoms with van der Waals surface area (Å²) in [7, 11) is 0. The third-order valence-electron chi connectivity index (χ3n) is 5.46. The van der Waals surface area contributed by atoms with Crippen molar-refractivity contribution in [2.45, 2.75) is 33.1 Å². The van der Waals surface area contributed by atoms with Crippen molar-refractivity contribution in [1.29, 1.82) is 0 Å². The molecule has 0 aliphatic heterocycles. The van der Waals surface area contributed by atoms with E-state index in [1.807, 2.05) is 6.20 Å². The monoisotopic (exact) mass is 327 g/mol. The SMILES string of the molecule is CCC/C=C\C1C=CC2=C(C)C=C(c3nccc4ccccc34)C1C2. The van der Waals surface area contributed by atoms with Crippen molar-refractivity contribution in [3.8, 4) is 0 Å². The van der Waals surface area contributed by atoms with Crippen LogP contribution in [0.3, 0.4) is 0 Å². The van der Waals surface area contributed by atoms with E-state index < -0.39 is 0 Å². The van der Waals surface area contributed by atoms with E-state index in [0.717, 1.165) is 18.5 Å². The number of pyridine rings is 1. The van der Waals surface area contributed by atoms with Crippen molar-refractivity contribution in [3.05, 3.63) is 83.7 Å². The van der Waals surface area contributed by atoms with Gasteiger partial charge in [-0.25, -0.2) is 0 Å². The molecule has 1 nitrogen and oxygen atoms in total. The zero-order valence-corrected chi connectivity index (χ0v) is 15.1. The van der Waals surface area contributed by atoms with Crippen LogP contribution >= 0.6 is 0 Å². The number of rotatable bonds is 4. The van der Waals surface area contributed by atoms with Crippen LogP contribution in [0, 0.1) is 11.8 Å². The lowest BCUT2D eigenvalue weighted by molar-refractivity contribution is 0.546. The molecule has 2 aliphatic rings. The first kappa shape index (κ1) is 16.1. The van der Waals surface area contributed by atoms with Gasteiger partial charge in [0.2, 0.25) is 0 Å². The molecule has 0 N–H and O–H groups in total. The average molecular weight is 327 g/mol. The van der Waals surface area contributed by atoms with Crippen molar-refractivity contribution in [2.24, 2.45) is 11.8 Å². The number of hydrogen-bond acceptors (Lipinski definition) is 1. The van der Waals surface area contributed by atoms with Crippen LogP contribution in [0.2, 0.25) is 0 Å². The van der Waals surface area contributed by atoms with Crippen LogP contribution in [0.15, 0.2) is 78.1 Å². The van der Waals surface area contributed by atoms with E-state index in [1.165, 1.54) is 33.9 Å². The highest BCUT2D eigenvalue weighted by atomic mass is 14.7. The molecule has 126 valence electrons. The minimum Gasteiger partial charge on any atom is -0.256 e. The van der Waals surface area contributed by atoms with Crippen molar-refractivity contribution < 1.29 is 0 Å². The molecule has 0 amide bonds. The Hall–Kier alpha value is -2.41. The van der Waals surface area contributed by atoms with Crippen LogP contribution < -0.4 is 0 Å². The fourth-order valence-electron chi connectivity index (χ4n) is 4.06. The van der Waals surface area contributed by atoms with Crippen molar-refractivity contribution >= 4 is 16.3 Å². The maximum absolute atomic E-state index is 4.80. The van der Waals surface area contributed by atoms with Crippen LogP contribution in [0.25, 0.3) is 16.3 Å². The highest BCUT2D eigenvalue weighted by Crippen LogP contribution is 2.44. The van der Waals surface area contributed by atoms with Gasteiger partial charge >= 0.3 is 0 Å². The molecule has 1 aromatic heterocycles. The van der Waals surface area contributed by atoms with Crippen molar-refractivity contribution in [1.82, 2.24) is 4.98 Å². The molecule has 1 heteroatoms. The molecule has 0 saturated carbocycles. The highest BCUT2D eigenvalue weighted by Gasteiger charge is 2.31. The van der Waals surface area contributed by atoms with Gasteiger partial charge in [-0.3, -0.25) is 4.98 Å². The van der Waals surface area contributed by atoms with Gasteiger partial charge < -0.3 is 0 Å². The van der Waals surface area contributed by atoms with Crippen LogP contribution in [-0.4, -0.2) is 4.98 Å². The first-order valence-electron chi connectivity index (χ1n) is 9.38. The number of allylic oxidation sites excluding steroid dienone is 8. The topological polar surface area (TPSA) is 12.9 Å². The fraction of sp³-hybridized carbons (Fsp3) is 0.292. The minimum absolute atomic E-state index is 0.468. The molecule has 25 heavy (non-hydrogen) atoms. The molecule has 2 unspecified atom stereocenters. The summed E-state index contributed by atoms with van der Waals surface area (Å²) >= 11 is 0. The van der Waals surface area contributed by atoms with Crippen LogP contribution in [0.4, 0.5) is 0 Å². The summed E-state index contributed by atoms with van der Waals surface area (Å²) in [6.07, 6.45) is 17.3. The van der Waals surface area contributed by atoms with Gasteiger partial charge in [0.05, 0.1) is 5.69 Å². The predicted molar refractivity (Wildman–Crippen MR) is 107 cm³/mol. The van der Waals surface area contributed by atoms with E-state index in [2.05, 4.69) is 74.6 Å². The lowest BCUT2D eigenvalue weighted by Crippen LogP contribution is -2.21. The Morgan fingerprint density at radius 3 is 2.96 bits per heavy atom. The van der Waals surface area contributed by atoms with Crippen LogP contribution in [0.1, 0.15) is 38.8 Å². The van der Waals surface area contributed by atoms with Crippen LogP contribution in [-0.2, 0) is 0 Å². The van der Waals surface area contributed by atoms with Gasteiger partial charge in [0.1, 0.15) is 0 Å². The molecular formula is C24H25N. The zero-order valence-electron chi connectivity index (χ0n) is 15.1. The summed E-state index contributed by atoms with van der Waals surface area (Å²) in [6, 6.07) is 10.7. The van der Waals surface area contributed by atoms with E-state index in [1.54, 1.807) is 0 Å². The molecule has 2 aliphatic carbocycles. The molecule has 2 bridgehead atoms.